The molecule has 0 aliphatic carbocycles. The van der Waals surface area contributed by atoms with Crippen molar-refractivity contribution in [2.45, 2.75) is 200 Å². The van der Waals surface area contributed by atoms with Crippen molar-refractivity contribution in [3.05, 3.63) is 72.9 Å². The van der Waals surface area contributed by atoms with Gasteiger partial charge in [-0.2, -0.15) is 0 Å². The van der Waals surface area contributed by atoms with Crippen LogP contribution in [0.25, 0.3) is 0 Å². The third-order valence-corrected chi connectivity index (χ3v) is 9.07. The summed E-state index contributed by atoms with van der Waals surface area (Å²) in [6, 6.07) is 0. The molecule has 6 nitrogen and oxygen atoms in total. The van der Waals surface area contributed by atoms with Gasteiger partial charge in [-0.05, 0) is 57.8 Å². The lowest BCUT2D eigenvalue weighted by Crippen LogP contribution is -2.30. The van der Waals surface area contributed by atoms with Crippen molar-refractivity contribution in [2.24, 2.45) is 0 Å². The summed E-state index contributed by atoms with van der Waals surface area (Å²) in [6.45, 7) is 6.37. The predicted molar refractivity (Wildman–Crippen MR) is 228 cm³/mol. The zero-order valence-electron chi connectivity index (χ0n) is 35.0. The van der Waals surface area contributed by atoms with E-state index in [-0.39, 0.29) is 37.5 Å². The van der Waals surface area contributed by atoms with Crippen molar-refractivity contribution in [3.63, 3.8) is 0 Å². The van der Waals surface area contributed by atoms with Gasteiger partial charge in [-0.15, -0.1) is 0 Å². The number of hydrogen-bond acceptors (Lipinski definition) is 6. The largest absolute Gasteiger partial charge is 0.462 e. The van der Waals surface area contributed by atoms with Crippen molar-refractivity contribution in [1.82, 2.24) is 0 Å². The first-order valence-electron chi connectivity index (χ1n) is 22.0. The first-order valence-corrected chi connectivity index (χ1v) is 22.0. The number of hydrogen-bond donors (Lipinski definition) is 0. The minimum Gasteiger partial charge on any atom is -0.462 e. The Morgan fingerprint density at radius 3 is 1.26 bits per heavy atom. The molecule has 308 valence electrons. The summed E-state index contributed by atoms with van der Waals surface area (Å²) in [6.07, 6.45) is 51.8. The average Bonchev–Trinajstić information content (AvgIpc) is 3.17. The smallest absolute Gasteiger partial charge is 0.306 e. The summed E-state index contributed by atoms with van der Waals surface area (Å²) >= 11 is 0. The summed E-state index contributed by atoms with van der Waals surface area (Å²) in [7, 11) is 0. The van der Waals surface area contributed by atoms with Crippen LogP contribution in [0.5, 0.6) is 0 Å². The second-order valence-corrected chi connectivity index (χ2v) is 14.3. The fourth-order valence-corrected chi connectivity index (χ4v) is 5.76. The minimum absolute atomic E-state index is 0.103. The molecule has 0 aromatic rings. The second kappa shape index (κ2) is 42.6. The SMILES string of the molecule is CC\C=C/C=C\C=C/C=C\C=C/CCCC(=O)OCC(COC(=O)CCCCCCCCCCCC)OC(=O)CCCCC/C=C\CCCCCCCC. The molecule has 0 aromatic carbocycles. The monoisotopic (exact) mass is 753 g/mol. The fraction of sp³-hybridized carbons (Fsp3) is 0.688. The Morgan fingerprint density at radius 2 is 0.759 bits per heavy atom. The molecule has 0 aliphatic rings. The van der Waals surface area contributed by atoms with Crippen LogP contribution in [-0.2, 0) is 28.6 Å². The number of rotatable bonds is 38. The van der Waals surface area contributed by atoms with E-state index in [2.05, 4.69) is 39.0 Å². The summed E-state index contributed by atoms with van der Waals surface area (Å²) in [5, 5.41) is 0. The Kier molecular flexibility index (Phi) is 40.1. The van der Waals surface area contributed by atoms with Crippen LogP contribution in [0.1, 0.15) is 194 Å². The van der Waals surface area contributed by atoms with E-state index >= 15 is 0 Å². The standard InChI is InChI=1S/C48H80O6/c1-4-7-10-13-16-19-22-24-26-29-32-35-38-41-47(50)53-44-45(43-52-46(49)40-37-34-31-28-21-18-15-12-9-6-3)54-48(51)42-39-36-33-30-27-25-23-20-17-14-11-8-5-2/h7,10,13,16,19,22,24-27,29,32,45H,4-6,8-9,11-12,14-15,17-18,20-21,23,28,30-31,33-44H2,1-3H3/b10-7-,16-13-,22-19-,26-24-,27-25-,32-29-. The Morgan fingerprint density at radius 1 is 0.389 bits per heavy atom. The van der Waals surface area contributed by atoms with Crippen molar-refractivity contribution >= 4 is 17.9 Å². The maximum Gasteiger partial charge on any atom is 0.306 e. The number of esters is 3. The molecule has 0 radical (unpaired) electrons. The highest BCUT2D eigenvalue weighted by Crippen LogP contribution is 2.13. The van der Waals surface area contributed by atoms with E-state index < -0.39 is 6.10 Å². The minimum atomic E-state index is -0.807. The Hall–Kier alpha value is -3.15. The van der Waals surface area contributed by atoms with Gasteiger partial charge in [-0.1, -0.05) is 190 Å². The van der Waals surface area contributed by atoms with Gasteiger partial charge in [0.15, 0.2) is 6.10 Å². The Balaban J connectivity index is 4.53. The number of ether oxygens (including phenoxy) is 3. The number of carbonyl (C=O) groups is 3. The van der Waals surface area contributed by atoms with Crippen LogP contribution in [0.2, 0.25) is 0 Å². The second-order valence-electron chi connectivity index (χ2n) is 14.3. The highest BCUT2D eigenvalue weighted by atomic mass is 16.6. The topological polar surface area (TPSA) is 78.9 Å². The molecule has 0 spiro atoms. The van der Waals surface area contributed by atoms with Gasteiger partial charge in [0.05, 0.1) is 0 Å². The zero-order valence-corrected chi connectivity index (χ0v) is 35.0. The third kappa shape index (κ3) is 40.0. The van der Waals surface area contributed by atoms with Crippen LogP contribution < -0.4 is 0 Å². The van der Waals surface area contributed by atoms with Gasteiger partial charge < -0.3 is 14.2 Å². The van der Waals surface area contributed by atoms with E-state index in [1.807, 2.05) is 54.7 Å². The quantitative estimate of drug-likeness (QED) is 0.0205. The molecule has 0 fully saturated rings. The van der Waals surface area contributed by atoms with Crippen molar-refractivity contribution < 1.29 is 28.6 Å². The maximum atomic E-state index is 12.7. The fourth-order valence-electron chi connectivity index (χ4n) is 5.76. The van der Waals surface area contributed by atoms with Crippen molar-refractivity contribution in [3.8, 4) is 0 Å². The van der Waals surface area contributed by atoms with Gasteiger partial charge in [0, 0.05) is 19.3 Å². The molecule has 0 rings (SSSR count). The summed E-state index contributed by atoms with van der Waals surface area (Å²) < 4.78 is 16.6. The van der Waals surface area contributed by atoms with E-state index in [9.17, 15) is 14.4 Å². The van der Waals surface area contributed by atoms with Crippen molar-refractivity contribution in [1.29, 1.82) is 0 Å². The lowest BCUT2D eigenvalue weighted by atomic mass is 10.1. The first kappa shape index (κ1) is 50.9. The zero-order chi connectivity index (χ0) is 39.4. The molecule has 0 aliphatic heterocycles. The van der Waals surface area contributed by atoms with Crippen LogP contribution in [0.3, 0.4) is 0 Å². The highest BCUT2D eigenvalue weighted by Gasteiger charge is 2.19. The van der Waals surface area contributed by atoms with Gasteiger partial charge >= 0.3 is 17.9 Å². The van der Waals surface area contributed by atoms with Gasteiger partial charge in [0.1, 0.15) is 13.2 Å². The van der Waals surface area contributed by atoms with Crippen LogP contribution in [0.4, 0.5) is 0 Å². The highest BCUT2D eigenvalue weighted by molar-refractivity contribution is 5.71. The van der Waals surface area contributed by atoms with Crippen LogP contribution in [0, 0.1) is 0 Å². The molecule has 1 unspecified atom stereocenters. The predicted octanol–water partition coefficient (Wildman–Crippen LogP) is 13.9. The molecule has 0 heterocycles. The molecular weight excluding hydrogens is 673 g/mol. The van der Waals surface area contributed by atoms with E-state index in [4.69, 9.17) is 14.2 Å². The lowest BCUT2D eigenvalue weighted by Gasteiger charge is -2.18. The lowest BCUT2D eigenvalue weighted by molar-refractivity contribution is -0.167. The van der Waals surface area contributed by atoms with Gasteiger partial charge in [-0.25, -0.2) is 0 Å². The molecular formula is C48H80O6. The number of carbonyl (C=O) groups excluding carboxylic acids is 3. The molecule has 6 heteroatoms. The van der Waals surface area contributed by atoms with Crippen LogP contribution in [0.15, 0.2) is 72.9 Å². The molecule has 54 heavy (non-hydrogen) atoms. The molecule has 0 saturated carbocycles. The summed E-state index contributed by atoms with van der Waals surface area (Å²) in [5.41, 5.74) is 0. The maximum absolute atomic E-state index is 12.7. The van der Waals surface area contributed by atoms with E-state index in [0.717, 1.165) is 64.2 Å². The van der Waals surface area contributed by atoms with Crippen molar-refractivity contribution in [2.75, 3.05) is 13.2 Å². The molecule has 0 aromatic heterocycles. The van der Waals surface area contributed by atoms with Gasteiger partial charge in [0.2, 0.25) is 0 Å². The van der Waals surface area contributed by atoms with E-state index in [1.54, 1.807) is 0 Å². The average molecular weight is 753 g/mol. The summed E-state index contributed by atoms with van der Waals surface area (Å²) in [4.78, 5) is 37.6. The Labute approximate surface area is 332 Å². The Bertz CT molecular complexity index is 1050. The van der Waals surface area contributed by atoms with E-state index in [1.165, 1.54) is 83.5 Å². The van der Waals surface area contributed by atoms with Gasteiger partial charge in [0.25, 0.3) is 0 Å². The van der Waals surface area contributed by atoms with Gasteiger partial charge in [-0.3, -0.25) is 14.4 Å². The number of unbranched alkanes of at least 4 members (excludes halogenated alkanes) is 19. The number of allylic oxidation sites excluding steroid dienone is 12. The molecule has 0 bridgehead atoms. The third-order valence-electron chi connectivity index (χ3n) is 9.07. The first-order chi connectivity index (χ1) is 26.5. The van der Waals surface area contributed by atoms with Crippen LogP contribution in [-0.4, -0.2) is 37.2 Å². The molecule has 0 amide bonds. The van der Waals surface area contributed by atoms with Crippen LogP contribution >= 0.6 is 0 Å². The molecule has 0 N–H and O–H groups in total. The molecule has 1 atom stereocenters. The van der Waals surface area contributed by atoms with E-state index in [0.29, 0.717) is 19.3 Å². The molecule has 0 saturated heterocycles. The summed E-state index contributed by atoms with van der Waals surface area (Å²) in [5.74, 6) is -1.01. The normalized spacial score (nSPS) is 12.7.